The second-order valence-electron chi connectivity index (χ2n) is 10.4. The zero-order valence-electron chi connectivity index (χ0n) is 22.1. The van der Waals surface area contributed by atoms with Crippen molar-refractivity contribution in [3.8, 4) is 0 Å². The summed E-state index contributed by atoms with van der Waals surface area (Å²) in [7, 11) is 0. The monoisotopic (exact) mass is 549 g/mol. The maximum absolute atomic E-state index is 14.1. The largest absolute Gasteiger partial charge is 0.478 e. The number of carboxylic acids is 1. The number of allylic oxidation sites excluding steroid dienone is 1. The van der Waals surface area contributed by atoms with Crippen LogP contribution >= 0.6 is 0 Å². The van der Waals surface area contributed by atoms with E-state index in [1.54, 1.807) is 18.2 Å². The molecule has 1 aliphatic carbocycles. The van der Waals surface area contributed by atoms with Crippen molar-refractivity contribution in [3.05, 3.63) is 111 Å². The van der Waals surface area contributed by atoms with E-state index in [4.69, 9.17) is 0 Å². The molecule has 3 nitrogen and oxygen atoms in total. The third-order valence-electron chi connectivity index (χ3n) is 7.71. The lowest BCUT2D eigenvalue weighted by Gasteiger charge is -2.20. The molecule has 2 aliphatic rings. The Hall–Kier alpha value is -3.71. The predicted octanol–water partition coefficient (Wildman–Crippen LogP) is 8.15. The number of alkyl halides is 4. The van der Waals surface area contributed by atoms with Gasteiger partial charge in [-0.1, -0.05) is 60.2 Å². The van der Waals surface area contributed by atoms with Crippen molar-refractivity contribution >= 4 is 23.2 Å². The zero-order chi connectivity index (χ0) is 28.3. The molecule has 0 spiro atoms. The van der Waals surface area contributed by atoms with Gasteiger partial charge in [-0.3, -0.25) is 9.29 Å². The third kappa shape index (κ3) is 6.04. The molecule has 0 bridgehead atoms. The average Bonchev–Trinajstić information content (AvgIpc) is 3.29. The number of hydrogen-bond donors (Lipinski definition) is 1. The maximum atomic E-state index is 14.1. The van der Waals surface area contributed by atoms with Crippen LogP contribution in [0.5, 0.6) is 0 Å². The number of halogens is 4. The van der Waals surface area contributed by atoms with E-state index in [0.717, 1.165) is 54.4 Å². The van der Waals surface area contributed by atoms with Crippen molar-refractivity contribution in [2.24, 2.45) is 0 Å². The van der Waals surface area contributed by atoms with Crippen molar-refractivity contribution < 1.29 is 27.5 Å². The lowest BCUT2D eigenvalue weighted by molar-refractivity contribution is -0.137. The minimum atomic E-state index is -4.51. The number of aromatic carboxylic acids is 1. The first-order valence-corrected chi connectivity index (χ1v) is 13.6. The fourth-order valence-electron chi connectivity index (χ4n) is 5.83. The summed E-state index contributed by atoms with van der Waals surface area (Å²) in [6.45, 7) is 2.15. The van der Waals surface area contributed by atoms with Gasteiger partial charge < -0.3 is 5.11 Å². The average molecular weight is 550 g/mol. The first-order chi connectivity index (χ1) is 19.2. The molecule has 3 aromatic rings. The summed E-state index contributed by atoms with van der Waals surface area (Å²) in [5.74, 6) is -1.03. The standard InChI is InChI=1S/C33H31F4NO2/c34-16-4-17-38-18-15-23(21-38)19-22-9-11-24(12-10-22)31-27-14-13-26(32(39)40)20-25(27)5-3-7-29(31)28-6-1-2-8-30(28)33(35,36)37/h1-2,6,8-14,19-20H,3-5,7,15-18,21H2,(H,39,40). The lowest BCUT2D eigenvalue weighted by atomic mass is 9.85. The van der Waals surface area contributed by atoms with Gasteiger partial charge in [-0.15, -0.1) is 0 Å². The minimum Gasteiger partial charge on any atom is -0.478 e. The second-order valence-corrected chi connectivity index (χ2v) is 10.4. The summed E-state index contributed by atoms with van der Waals surface area (Å²) in [6.07, 6.45) is 0.689. The van der Waals surface area contributed by atoms with Crippen molar-refractivity contribution in [2.45, 2.75) is 38.3 Å². The molecular weight excluding hydrogens is 518 g/mol. The van der Waals surface area contributed by atoms with Gasteiger partial charge in [-0.2, -0.15) is 13.2 Å². The topological polar surface area (TPSA) is 40.5 Å². The zero-order valence-corrected chi connectivity index (χ0v) is 22.1. The van der Waals surface area contributed by atoms with Crippen LogP contribution in [0.25, 0.3) is 17.2 Å². The Bertz CT molecular complexity index is 1450. The number of hydrogen-bond acceptors (Lipinski definition) is 2. The maximum Gasteiger partial charge on any atom is 0.416 e. The predicted molar refractivity (Wildman–Crippen MR) is 150 cm³/mol. The second kappa shape index (κ2) is 11.8. The highest BCUT2D eigenvalue weighted by atomic mass is 19.4. The Kier molecular flexibility index (Phi) is 8.22. The molecule has 1 aliphatic heterocycles. The van der Waals surface area contributed by atoms with Crippen LogP contribution < -0.4 is 0 Å². The summed E-state index contributed by atoms with van der Waals surface area (Å²) in [6, 6.07) is 18.4. The smallest absolute Gasteiger partial charge is 0.416 e. The molecule has 1 heterocycles. The van der Waals surface area contributed by atoms with E-state index in [-0.39, 0.29) is 17.8 Å². The highest BCUT2D eigenvalue weighted by molar-refractivity contribution is 6.01. The molecule has 208 valence electrons. The highest BCUT2D eigenvalue weighted by Crippen LogP contribution is 2.44. The van der Waals surface area contributed by atoms with Gasteiger partial charge in [-0.05, 0) is 89.3 Å². The molecule has 0 aromatic heterocycles. The van der Waals surface area contributed by atoms with Crippen LogP contribution in [-0.2, 0) is 12.6 Å². The molecular formula is C33H31F4NO2. The van der Waals surface area contributed by atoms with E-state index in [2.05, 4.69) is 11.0 Å². The number of benzene rings is 3. The molecule has 0 amide bonds. The van der Waals surface area contributed by atoms with Crippen molar-refractivity contribution in [3.63, 3.8) is 0 Å². The number of rotatable bonds is 7. The van der Waals surface area contributed by atoms with Gasteiger partial charge in [0.1, 0.15) is 0 Å². The molecule has 1 fully saturated rings. The van der Waals surface area contributed by atoms with E-state index in [1.165, 1.54) is 23.8 Å². The van der Waals surface area contributed by atoms with Crippen LogP contribution in [-0.4, -0.2) is 42.3 Å². The Morgan fingerprint density at radius 1 is 0.950 bits per heavy atom. The number of likely N-dealkylation sites (tertiary alicyclic amines) is 1. The van der Waals surface area contributed by atoms with Crippen LogP contribution in [0.3, 0.4) is 0 Å². The molecule has 40 heavy (non-hydrogen) atoms. The normalized spacial score (nSPS) is 17.2. The SMILES string of the molecule is O=C(O)c1ccc2c(c1)CCCC(c1ccccc1C(F)(F)F)=C2c1ccc(C=C2CCN(CCCF)C2)cc1. The Morgan fingerprint density at radius 3 is 2.45 bits per heavy atom. The van der Waals surface area contributed by atoms with Crippen LogP contribution in [0.4, 0.5) is 17.6 Å². The first kappa shape index (κ1) is 27.8. The summed E-state index contributed by atoms with van der Waals surface area (Å²) >= 11 is 0. The van der Waals surface area contributed by atoms with E-state index in [0.29, 0.717) is 36.8 Å². The van der Waals surface area contributed by atoms with E-state index in [1.807, 2.05) is 24.3 Å². The fraction of sp³-hybridized carbons (Fsp3) is 0.303. The van der Waals surface area contributed by atoms with Gasteiger partial charge in [0.05, 0.1) is 17.8 Å². The van der Waals surface area contributed by atoms with Crippen LogP contribution in [0.2, 0.25) is 0 Å². The number of carbonyl (C=O) groups is 1. The number of aryl methyl sites for hydroxylation is 1. The summed E-state index contributed by atoms with van der Waals surface area (Å²) in [5.41, 5.74) is 5.61. The first-order valence-electron chi connectivity index (χ1n) is 13.6. The molecule has 7 heteroatoms. The summed E-state index contributed by atoms with van der Waals surface area (Å²) in [5, 5.41) is 9.54. The Balaban J connectivity index is 1.60. The van der Waals surface area contributed by atoms with Gasteiger partial charge in [0.2, 0.25) is 0 Å². The quantitative estimate of drug-likeness (QED) is 0.303. The molecule has 0 saturated carbocycles. The summed E-state index contributed by atoms with van der Waals surface area (Å²) < 4.78 is 54.8. The lowest BCUT2D eigenvalue weighted by Crippen LogP contribution is -2.20. The number of carboxylic acid groups (broad SMARTS) is 1. The molecule has 3 aromatic carbocycles. The molecule has 1 N–H and O–H groups in total. The van der Waals surface area contributed by atoms with Crippen LogP contribution in [0, 0.1) is 0 Å². The number of fused-ring (bicyclic) bond motifs is 1. The van der Waals surface area contributed by atoms with Gasteiger partial charge in [0.25, 0.3) is 0 Å². The number of nitrogens with zero attached hydrogens (tertiary/aromatic N) is 1. The van der Waals surface area contributed by atoms with Gasteiger partial charge in [0, 0.05) is 19.6 Å². The van der Waals surface area contributed by atoms with Crippen LogP contribution in [0.15, 0.2) is 72.3 Å². The Labute approximate surface area is 231 Å². The summed E-state index contributed by atoms with van der Waals surface area (Å²) in [4.78, 5) is 13.9. The van der Waals surface area contributed by atoms with Crippen molar-refractivity contribution in [2.75, 3.05) is 26.3 Å². The van der Waals surface area contributed by atoms with E-state index >= 15 is 0 Å². The van der Waals surface area contributed by atoms with Gasteiger partial charge in [0.15, 0.2) is 0 Å². The third-order valence-corrected chi connectivity index (χ3v) is 7.71. The molecule has 5 rings (SSSR count). The van der Waals surface area contributed by atoms with Crippen LogP contribution in [0.1, 0.15) is 69.4 Å². The van der Waals surface area contributed by atoms with Gasteiger partial charge >= 0.3 is 12.1 Å². The van der Waals surface area contributed by atoms with E-state index < -0.39 is 17.7 Å². The minimum absolute atomic E-state index is 0.158. The van der Waals surface area contributed by atoms with Gasteiger partial charge in [-0.25, -0.2) is 4.79 Å². The highest BCUT2D eigenvalue weighted by Gasteiger charge is 2.35. The molecule has 0 atom stereocenters. The van der Waals surface area contributed by atoms with Crippen molar-refractivity contribution in [1.29, 1.82) is 0 Å². The van der Waals surface area contributed by atoms with E-state index in [9.17, 15) is 27.5 Å². The molecule has 0 unspecified atom stereocenters. The van der Waals surface area contributed by atoms with Crippen molar-refractivity contribution in [1.82, 2.24) is 4.90 Å². The Morgan fingerprint density at radius 2 is 1.73 bits per heavy atom. The fourth-order valence-corrected chi connectivity index (χ4v) is 5.83. The molecule has 1 saturated heterocycles. The molecule has 0 radical (unpaired) electrons.